The predicted molar refractivity (Wildman–Crippen MR) is 81.9 cm³/mol. The minimum atomic E-state index is -3.90. The van der Waals surface area contributed by atoms with Crippen molar-refractivity contribution in [2.24, 2.45) is 0 Å². The van der Waals surface area contributed by atoms with E-state index in [1.807, 2.05) is 11.9 Å². The lowest BCUT2D eigenvalue weighted by Gasteiger charge is -2.28. The minimum Gasteiger partial charge on any atom is -0.490 e. The Bertz CT molecular complexity index is 659. The van der Waals surface area contributed by atoms with Crippen LogP contribution in [0.1, 0.15) is 19.8 Å². The van der Waals surface area contributed by atoms with Gasteiger partial charge in [-0.3, -0.25) is 4.79 Å². The first-order valence-electron chi connectivity index (χ1n) is 7.08. The number of carboxylic acid groups (broad SMARTS) is 1. The molecule has 0 spiro atoms. The maximum Gasteiger partial charge on any atom is 0.321 e. The largest absolute Gasteiger partial charge is 0.490 e. The van der Waals surface area contributed by atoms with E-state index in [4.69, 9.17) is 9.84 Å². The number of hydrogen-bond donors (Lipinski definition) is 2. The lowest BCUT2D eigenvalue weighted by atomic mass is 10.2. The van der Waals surface area contributed by atoms with Gasteiger partial charge in [-0.15, -0.1) is 0 Å². The molecule has 1 aliphatic heterocycles. The van der Waals surface area contributed by atoms with Gasteiger partial charge in [-0.2, -0.15) is 4.72 Å². The first kappa shape index (κ1) is 16.6. The number of anilines is 1. The van der Waals surface area contributed by atoms with Crippen molar-refractivity contribution in [1.29, 1.82) is 0 Å². The number of ether oxygens (including phenoxy) is 1. The molecule has 1 unspecified atom stereocenters. The van der Waals surface area contributed by atoms with Crippen LogP contribution in [0.5, 0.6) is 5.75 Å². The molecular formula is C14H20N2O5S. The number of nitrogens with zero attached hydrogens (tertiary/aromatic N) is 1. The van der Waals surface area contributed by atoms with Crippen LogP contribution in [0.3, 0.4) is 0 Å². The highest BCUT2D eigenvalue weighted by Crippen LogP contribution is 2.32. The molecule has 0 amide bonds. The Morgan fingerprint density at radius 1 is 1.50 bits per heavy atom. The molecule has 0 saturated carbocycles. The Morgan fingerprint density at radius 3 is 2.86 bits per heavy atom. The van der Waals surface area contributed by atoms with E-state index in [0.717, 1.165) is 0 Å². The van der Waals surface area contributed by atoms with Gasteiger partial charge >= 0.3 is 5.97 Å². The molecule has 0 aliphatic carbocycles. The Morgan fingerprint density at radius 2 is 2.23 bits per heavy atom. The van der Waals surface area contributed by atoms with Gasteiger partial charge in [0.1, 0.15) is 18.4 Å². The standard InChI is InChI=1S/C14H20N2O5S/c1-3-4-11(14(17)18)15-22(19,20)10-5-6-13-12(9-10)16(2)7-8-21-13/h5-6,9,11,15H,3-4,7-8H2,1-2H3,(H,17,18). The van der Waals surface area contributed by atoms with Gasteiger partial charge < -0.3 is 14.7 Å². The number of likely N-dealkylation sites (N-methyl/N-ethyl adjacent to an activating group) is 1. The molecule has 1 aliphatic rings. The van der Waals surface area contributed by atoms with Crippen molar-refractivity contribution in [3.63, 3.8) is 0 Å². The van der Waals surface area contributed by atoms with Crippen molar-refractivity contribution in [2.75, 3.05) is 25.1 Å². The van der Waals surface area contributed by atoms with Crippen LogP contribution in [0.4, 0.5) is 5.69 Å². The summed E-state index contributed by atoms with van der Waals surface area (Å²) in [5, 5.41) is 9.09. The highest BCUT2D eigenvalue weighted by Gasteiger charge is 2.26. The SMILES string of the molecule is CCCC(NS(=O)(=O)c1ccc2c(c1)N(C)CCO2)C(=O)O. The molecule has 122 valence electrons. The highest BCUT2D eigenvalue weighted by atomic mass is 32.2. The Kier molecular flexibility index (Phi) is 4.92. The van der Waals surface area contributed by atoms with Gasteiger partial charge in [-0.05, 0) is 24.6 Å². The van der Waals surface area contributed by atoms with Gasteiger partial charge in [0.2, 0.25) is 10.0 Å². The molecule has 0 fully saturated rings. The van der Waals surface area contributed by atoms with Crippen molar-refractivity contribution >= 4 is 21.7 Å². The lowest BCUT2D eigenvalue weighted by molar-refractivity contribution is -0.139. The molecule has 7 nitrogen and oxygen atoms in total. The zero-order chi connectivity index (χ0) is 16.3. The van der Waals surface area contributed by atoms with Crippen LogP contribution >= 0.6 is 0 Å². The molecule has 0 saturated heterocycles. The first-order chi connectivity index (χ1) is 10.3. The summed E-state index contributed by atoms with van der Waals surface area (Å²) in [5.74, 6) is -0.556. The van der Waals surface area contributed by atoms with Crippen molar-refractivity contribution in [2.45, 2.75) is 30.7 Å². The van der Waals surface area contributed by atoms with E-state index < -0.39 is 22.0 Å². The lowest BCUT2D eigenvalue weighted by Crippen LogP contribution is -2.40. The van der Waals surface area contributed by atoms with E-state index in [0.29, 0.717) is 31.0 Å². The number of sulfonamides is 1. The number of benzene rings is 1. The second-order valence-electron chi connectivity index (χ2n) is 5.20. The Hall–Kier alpha value is -1.80. The average molecular weight is 328 g/mol. The summed E-state index contributed by atoms with van der Waals surface area (Å²) < 4.78 is 32.5. The van der Waals surface area contributed by atoms with Crippen LogP contribution in [0, 0.1) is 0 Å². The number of carbonyl (C=O) groups is 1. The van der Waals surface area contributed by atoms with Gasteiger partial charge in [0.25, 0.3) is 0 Å². The maximum atomic E-state index is 12.4. The van der Waals surface area contributed by atoms with Crippen LogP contribution in [-0.4, -0.2) is 45.7 Å². The average Bonchev–Trinajstić information content (AvgIpc) is 2.46. The smallest absolute Gasteiger partial charge is 0.321 e. The third-order valence-electron chi connectivity index (χ3n) is 3.51. The molecule has 2 rings (SSSR count). The number of hydrogen-bond acceptors (Lipinski definition) is 5. The zero-order valence-corrected chi connectivity index (χ0v) is 13.4. The summed E-state index contributed by atoms with van der Waals surface area (Å²) in [4.78, 5) is 13.1. The molecule has 2 N–H and O–H groups in total. The van der Waals surface area contributed by atoms with Crippen LogP contribution < -0.4 is 14.4 Å². The predicted octanol–water partition coefficient (Wildman–Crippen LogP) is 1.05. The zero-order valence-electron chi connectivity index (χ0n) is 12.6. The van der Waals surface area contributed by atoms with E-state index in [-0.39, 0.29) is 11.3 Å². The molecule has 1 aromatic carbocycles. The molecule has 1 aromatic rings. The fourth-order valence-electron chi connectivity index (χ4n) is 2.27. The summed E-state index contributed by atoms with van der Waals surface area (Å²) in [5.41, 5.74) is 0.677. The third kappa shape index (κ3) is 3.50. The van der Waals surface area contributed by atoms with Crippen LogP contribution in [0.15, 0.2) is 23.1 Å². The van der Waals surface area contributed by atoms with Crippen LogP contribution in [-0.2, 0) is 14.8 Å². The highest BCUT2D eigenvalue weighted by molar-refractivity contribution is 7.89. The molecular weight excluding hydrogens is 308 g/mol. The van der Waals surface area contributed by atoms with Crippen molar-refractivity contribution in [3.8, 4) is 5.75 Å². The minimum absolute atomic E-state index is 0.0333. The van der Waals surface area contributed by atoms with Gasteiger partial charge in [0.05, 0.1) is 17.1 Å². The Balaban J connectivity index is 2.29. The van der Waals surface area contributed by atoms with Gasteiger partial charge in [-0.25, -0.2) is 8.42 Å². The number of rotatable bonds is 6. The van der Waals surface area contributed by atoms with E-state index >= 15 is 0 Å². The molecule has 0 bridgehead atoms. The number of aliphatic carboxylic acids is 1. The van der Waals surface area contributed by atoms with Crippen LogP contribution in [0.25, 0.3) is 0 Å². The second kappa shape index (κ2) is 6.53. The second-order valence-corrected chi connectivity index (χ2v) is 6.91. The summed E-state index contributed by atoms with van der Waals surface area (Å²) in [6, 6.07) is 3.39. The van der Waals surface area contributed by atoms with Crippen LogP contribution in [0.2, 0.25) is 0 Å². The molecule has 1 heterocycles. The maximum absolute atomic E-state index is 12.4. The number of fused-ring (bicyclic) bond motifs is 1. The molecule has 22 heavy (non-hydrogen) atoms. The van der Waals surface area contributed by atoms with Gasteiger partial charge in [0, 0.05) is 7.05 Å². The van der Waals surface area contributed by atoms with E-state index in [2.05, 4.69) is 4.72 Å². The Labute approximate surface area is 129 Å². The first-order valence-corrected chi connectivity index (χ1v) is 8.56. The molecule has 1 atom stereocenters. The number of carboxylic acids is 1. The normalized spacial score (nSPS) is 15.8. The van der Waals surface area contributed by atoms with Gasteiger partial charge in [0.15, 0.2) is 0 Å². The van der Waals surface area contributed by atoms with Crippen molar-refractivity contribution < 1.29 is 23.1 Å². The molecule has 0 radical (unpaired) electrons. The third-order valence-corrected chi connectivity index (χ3v) is 4.98. The number of nitrogens with one attached hydrogen (secondary N) is 1. The van der Waals surface area contributed by atoms with Crippen molar-refractivity contribution in [1.82, 2.24) is 4.72 Å². The quantitative estimate of drug-likeness (QED) is 0.810. The van der Waals surface area contributed by atoms with Crippen molar-refractivity contribution in [3.05, 3.63) is 18.2 Å². The van der Waals surface area contributed by atoms with E-state index in [1.54, 1.807) is 13.0 Å². The molecule has 8 heteroatoms. The summed E-state index contributed by atoms with van der Waals surface area (Å²) in [6.45, 7) is 3.01. The fourth-order valence-corrected chi connectivity index (χ4v) is 3.52. The summed E-state index contributed by atoms with van der Waals surface area (Å²) in [7, 11) is -2.05. The van der Waals surface area contributed by atoms with E-state index in [1.165, 1.54) is 12.1 Å². The monoisotopic (exact) mass is 328 g/mol. The van der Waals surface area contributed by atoms with Gasteiger partial charge in [-0.1, -0.05) is 13.3 Å². The molecule has 0 aromatic heterocycles. The summed E-state index contributed by atoms with van der Waals surface area (Å²) in [6.07, 6.45) is 0.808. The van der Waals surface area contributed by atoms with E-state index in [9.17, 15) is 13.2 Å². The summed E-state index contributed by atoms with van der Waals surface area (Å²) >= 11 is 0. The topological polar surface area (TPSA) is 95.9 Å². The fraction of sp³-hybridized carbons (Fsp3) is 0.500.